The van der Waals surface area contributed by atoms with Crippen molar-refractivity contribution in [1.82, 2.24) is 4.90 Å². The summed E-state index contributed by atoms with van der Waals surface area (Å²) in [6.45, 7) is 1.69. The molecule has 0 atom stereocenters. The van der Waals surface area contributed by atoms with E-state index in [4.69, 9.17) is 4.74 Å². The quantitative estimate of drug-likeness (QED) is 0.798. The lowest BCUT2D eigenvalue weighted by molar-refractivity contribution is -0.133. The molecule has 0 radical (unpaired) electrons. The number of likely N-dealkylation sites (tertiary alicyclic amines) is 1. The Hall–Kier alpha value is -2.04. The molecule has 1 aliphatic rings. The molecular formula is C16H21NO4. The van der Waals surface area contributed by atoms with Crippen molar-refractivity contribution in [2.24, 2.45) is 0 Å². The summed E-state index contributed by atoms with van der Waals surface area (Å²) in [5.74, 6) is 0.210. The molecule has 21 heavy (non-hydrogen) atoms. The molecule has 0 N–H and O–H groups in total. The molecule has 5 heteroatoms. The molecule has 1 aliphatic heterocycles. The summed E-state index contributed by atoms with van der Waals surface area (Å²) in [4.78, 5) is 25.2. The largest absolute Gasteiger partial charge is 0.484 e. The van der Waals surface area contributed by atoms with Crippen LogP contribution in [-0.4, -0.2) is 43.6 Å². The van der Waals surface area contributed by atoms with E-state index < -0.39 is 0 Å². The Kier molecular flexibility index (Phi) is 5.60. The van der Waals surface area contributed by atoms with Gasteiger partial charge in [0.15, 0.2) is 6.61 Å². The number of methoxy groups -OCH3 is 1. The van der Waals surface area contributed by atoms with Crippen LogP contribution in [0.2, 0.25) is 0 Å². The zero-order valence-corrected chi connectivity index (χ0v) is 12.3. The van der Waals surface area contributed by atoms with Crippen molar-refractivity contribution >= 4 is 11.9 Å². The Balaban J connectivity index is 1.84. The Morgan fingerprint density at radius 2 is 1.67 bits per heavy atom. The van der Waals surface area contributed by atoms with Gasteiger partial charge in [-0.2, -0.15) is 0 Å². The number of ether oxygens (including phenoxy) is 2. The number of nitrogens with zero attached hydrogens (tertiary/aromatic N) is 1. The van der Waals surface area contributed by atoms with Crippen LogP contribution in [-0.2, 0) is 9.53 Å². The van der Waals surface area contributed by atoms with E-state index in [1.165, 1.54) is 20.0 Å². The van der Waals surface area contributed by atoms with Crippen molar-refractivity contribution in [3.63, 3.8) is 0 Å². The first-order chi connectivity index (χ1) is 10.2. The van der Waals surface area contributed by atoms with Gasteiger partial charge in [-0.05, 0) is 37.1 Å². The van der Waals surface area contributed by atoms with Gasteiger partial charge in [0, 0.05) is 13.1 Å². The van der Waals surface area contributed by atoms with Crippen LogP contribution in [0.15, 0.2) is 24.3 Å². The van der Waals surface area contributed by atoms with Crippen LogP contribution in [0.3, 0.4) is 0 Å². The minimum atomic E-state index is -0.387. The van der Waals surface area contributed by atoms with Gasteiger partial charge in [-0.3, -0.25) is 4.79 Å². The molecule has 0 aliphatic carbocycles. The van der Waals surface area contributed by atoms with Crippen molar-refractivity contribution in [1.29, 1.82) is 0 Å². The van der Waals surface area contributed by atoms with Crippen LogP contribution in [0.4, 0.5) is 0 Å². The summed E-state index contributed by atoms with van der Waals surface area (Å²) in [5, 5.41) is 0. The van der Waals surface area contributed by atoms with Gasteiger partial charge in [-0.25, -0.2) is 4.79 Å². The lowest BCUT2D eigenvalue weighted by Gasteiger charge is -2.20. The predicted octanol–water partition coefficient (Wildman–Crippen LogP) is 2.25. The predicted molar refractivity (Wildman–Crippen MR) is 78.3 cm³/mol. The highest BCUT2D eigenvalue weighted by Crippen LogP contribution is 2.14. The number of carbonyl (C=O) groups is 2. The highest BCUT2D eigenvalue weighted by molar-refractivity contribution is 5.89. The molecule has 1 amide bonds. The van der Waals surface area contributed by atoms with Crippen LogP contribution < -0.4 is 4.74 Å². The number of carbonyl (C=O) groups excluding carboxylic acids is 2. The van der Waals surface area contributed by atoms with Gasteiger partial charge in [0.1, 0.15) is 5.75 Å². The molecule has 0 spiro atoms. The summed E-state index contributed by atoms with van der Waals surface area (Å²) in [6, 6.07) is 6.58. The fourth-order valence-electron chi connectivity index (χ4n) is 2.36. The van der Waals surface area contributed by atoms with E-state index in [0.29, 0.717) is 11.3 Å². The van der Waals surface area contributed by atoms with Crippen molar-refractivity contribution in [2.45, 2.75) is 25.7 Å². The lowest BCUT2D eigenvalue weighted by atomic mass is 10.2. The smallest absolute Gasteiger partial charge is 0.337 e. The molecule has 114 valence electrons. The van der Waals surface area contributed by atoms with Crippen molar-refractivity contribution in [3.05, 3.63) is 29.8 Å². The molecule has 2 rings (SSSR count). The van der Waals surface area contributed by atoms with Crippen LogP contribution >= 0.6 is 0 Å². The van der Waals surface area contributed by atoms with Gasteiger partial charge in [-0.15, -0.1) is 0 Å². The first-order valence-corrected chi connectivity index (χ1v) is 7.29. The minimum absolute atomic E-state index is 0.0222. The Labute approximate surface area is 124 Å². The minimum Gasteiger partial charge on any atom is -0.484 e. The Bertz CT molecular complexity index is 476. The van der Waals surface area contributed by atoms with E-state index in [1.54, 1.807) is 24.3 Å². The van der Waals surface area contributed by atoms with Gasteiger partial charge in [0.25, 0.3) is 5.91 Å². The fourth-order valence-corrected chi connectivity index (χ4v) is 2.36. The van der Waals surface area contributed by atoms with E-state index in [0.717, 1.165) is 25.9 Å². The van der Waals surface area contributed by atoms with Crippen molar-refractivity contribution < 1.29 is 19.1 Å². The van der Waals surface area contributed by atoms with Gasteiger partial charge >= 0.3 is 5.97 Å². The number of hydrogen-bond donors (Lipinski definition) is 0. The molecule has 0 saturated carbocycles. The van der Waals surface area contributed by atoms with E-state index in [1.807, 2.05) is 4.90 Å². The number of benzene rings is 1. The number of rotatable bonds is 4. The second-order valence-electron chi connectivity index (χ2n) is 5.10. The van der Waals surface area contributed by atoms with E-state index >= 15 is 0 Å². The second-order valence-corrected chi connectivity index (χ2v) is 5.10. The second kappa shape index (κ2) is 7.67. The number of hydrogen-bond acceptors (Lipinski definition) is 4. The van der Waals surface area contributed by atoms with Crippen molar-refractivity contribution in [2.75, 3.05) is 26.8 Å². The maximum atomic E-state index is 12.1. The summed E-state index contributed by atoms with van der Waals surface area (Å²) >= 11 is 0. The zero-order chi connectivity index (χ0) is 15.1. The summed E-state index contributed by atoms with van der Waals surface area (Å²) < 4.78 is 10.1. The van der Waals surface area contributed by atoms with Gasteiger partial charge in [0.05, 0.1) is 12.7 Å². The van der Waals surface area contributed by atoms with Crippen LogP contribution in [0.25, 0.3) is 0 Å². The van der Waals surface area contributed by atoms with Gasteiger partial charge in [0.2, 0.25) is 0 Å². The van der Waals surface area contributed by atoms with Gasteiger partial charge in [-0.1, -0.05) is 12.8 Å². The van der Waals surface area contributed by atoms with Crippen molar-refractivity contribution in [3.8, 4) is 5.75 Å². The number of esters is 1. The molecule has 0 unspecified atom stereocenters. The van der Waals surface area contributed by atoms with Crippen LogP contribution in [0, 0.1) is 0 Å². The van der Waals surface area contributed by atoms with E-state index in [-0.39, 0.29) is 18.5 Å². The molecule has 0 aromatic heterocycles. The van der Waals surface area contributed by atoms with Gasteiger partial charge < -0.3 is 14.4 Å². The average Bonchev–Trinajstić information content (AvgIpc) is 2.81. The monoisotopic (exact) mass is 291 g/mol. The molecule has 1 saturated heterocycles. The van der Waals surface area contributed by atoms with E-state index in [9.17, 15) is 9.59 Å². The summed E-state index contributed by atoms with van der Waals surface area (Å²) in [5.41, 5.74) is 0.462. The average molecular weight is 291 g/mol. The lowest BCUT2D eigenvalue weighted by Crippen LogP contribution is -2.35. The third kappa shape index (κ3) is 4.48. The molecule has 1 aromatic carbocycles. The fraction of sp³-hybridized carbons (Fsp3) is 0.500. The molecular weight excluding hydrogens is 270 g/mol. The molecule has 0 bridgehead atoms. The first kappa shape index (κ1) is 15.4. The third-order valence-electron chi connectivity index (χ3n) is 3.60. The highest BCUT2D eigenvalue weighted by Gasteiger charge is 2.15. The zero-order valence-electron chi connectivity index (χ0n) is 12.3. The molecule has 5 nitrogen and oxygen atoms in total. The highest BCUT2D eigenvalue weighted by atomic mass is 16.5. The topological polar surface area (TPSA) is 55.8 Å². The number of amides is 1. The SMILES string of the molecule is COC(=O)c1ccc(OCC(=O)N2CCCCCC2)cc1. The van der Waals surface area contributed by atoms with E-state index in [2.05, 4.69) is 4.74 Å². The van der Waals surface area contributed by atoms with Crippen LogP contribution in [0.1, 0.15) is 36.0 Å². The first-order valence-electron chi connectivity index (χ1n) is 7.29. The Morgan fingerprint density at radius 3 is 2.24 bits per heavy atom. The standard InChI is InChI=1S/C16H21NO4/c1-20-16(19)13-6-8-14(9-7-13)21-12-15(18)17-10-4-2-3-5-11-17/h6-9H,2-5,10-12H2,1H3. The molecule has 1 heterocycles. The summed E-state index contributed by atoms with van der Waals surface area (Å²) in [6.07, 6.45) is 4.53. The maximum Gasteiger partial charge on any atom is 0.337 e. The third-order valence-corrected chi connectivity index (χ3v) is 3.60. The maximum absolute atomic E-state index is 12.1. The normalized spacial score (nSPS) is 15.2. The summed E-state index contributed by atoms with van der Waals surface area (Å²) in [7, 11) is 1.34. The Morgan fingerprint density at radius 1 is 1.05 bits per heavy atom. The van der Waals surface area contributed by atoms with Crippen LogP contribution in [0.5, 0.6) is 5.75 Å². The molecule has 1 fully saturated rings. The molecule has 1 aromatic rings.